The maximum Gasteiger partial charge on any atom is 0.248 e. The minimum absolute atomic E-state index is 0.0299. The fourth-order valence-electron chi connectivity index (χ4n) is 1.48. The molecule has 1 aromatic rings. The van der Waals surface area contributed by atoms with E-state index in [0.29, 0.717) is 13.2 Å². The highest BCUT2D eigenvalue weighted by atomic mass is 16.5. The summed E-state index contributed by atoms with van der Waals surface area (Å²) in [5.74, 6) is 0.765. The van der Waals surface area contributed by atoms with Gasteiger partial charge in [-0.1, -0.05) is 18.2 Å². The molecule has 0 aliphatic heterocycles. The van der Waals surface area contributed by atoms with Crippen LogP contribution in [-0.2, 0) is 16.1 Å². The van der Waals surface area contributed by atoms with Gasteiger partial charge in [0, 0.05) is 25.8 Å². The van der Waals surface area contributed by atoms with E-state index >= 15 is 0 Å². The quantitative estimate of drug-likeness (QED) is 0.755. The number of nitrogens with zero attached hydrogens (tertiary/aromatic N) is 1. The lowest BCUT2D eigenvalue weighted by Gasteiger charge is -2.18. The highest BCUT2D eigenvalue weighted by molar-refractivity contribution is 5.77. The fourth-order valence-corrected chi connectivity index (χ4v) is 1.48. The Morgan fingerprint density at radius 1 is 1.35 bits per heavy atom. The van der Waals surface area contributed by atoms with E-state index in [1.165, 1.54) is 0 Å². The van der Waals surface area contributed by atoms with Crippen LogP contribution in [0.25, 0.3) is 0 Å². The summed E-state index contributed by atoms with van der Waals surface area (Å²) in [6.45, 7) is 3.07. The summed E-state index contributed by atoms with van der Waals surface area (Å²) >= 11 is 0. The molecule has 0 unspecified atom stereocenters. The minimum atomic E-state index is -0.0299. The number of carbonyl (C=O) groups excluding carboxylic acids is 1. The van der Waals surface area contributed by atoms with Crippen molar-refractivity contribution < 1.29 is 14.3 Å². The maximum atomic E-state index is 11.7. The van der Waals surface area contributed by atoms with Gasteiger partial charge in [0.2, 0.25) is 5.91 Å². The third-order valence-corrected chi connectivity index (χ3v) is 2.46. The lowest BCUT2D eigenvalue weighted by molar-refractivity contribution is -0.135. The summed E-state index contributed by atoms with van der Waals surface area (Å²) in [7, 11) is 3.38. The fraction of sp³-hybridized carbons (Fsp3) is 0.462. The van der Waals surface area contributed by atoms with E-state index in [4.69, 9.17) is 9.47 Å². The zero-order chi connectivity index (χ0) is 12.7. The van der Waals surface area contributed by atoms with Crippen LogP contribution >= 0.6 is 0 Å². The molecule has 0 aliphatic rings. The number of hydrogen-bond donors (Lipinski definition) is 0. The first-order chi connectivity index (χ1) is 8.19. The average molecular weight is 237 g/mol. The average Bonchev–Trinajstić information content (AvgIpc) is 2.36. The summed E-state index contributed by atoms with van der Waals surface area (Å²) in [6, 6.07) is 7.67. The Kier molecular flexibility index (Phi) is 5.49. The van der Waals surface area contributed by atoms with Crippen LogP contribution in [0.15, 0.2) is 24.3 Å². The van der Waals surface area contributed by atoms with Crippen LogP contribution in [0.1, 0.15) is 12.5 Å². The molecule has 17 heavy (non-hydrogen) atoms. The molecule has 0 saturated carbocycles. The molecule has 0 saturated heterocycles. The van der Waals surface area contributed by atoms with Gasteiger partial charge in [-0.25, -0.2) is 0 Å². The molecule has 0 atom stereocenters. The van der Waals surface area contributed by atoms with E-state index in [0.717, 1.165) is 11.3 Å². The van der Waals surface area contributed by atoms with Gasteiger partial charge in [0.15, 0.2) is 0 Å². The summed E-state index contributed by atoms with van der Waals surface area (Å²) < 4.78 is 10.3. The van der Waals surface area contributed by atoms with Gasteiger partial charge in [0.25, 0.3) is 0 Å². The van der Waals surface area contributed by atoms with Crippen molar-refractivity contribution in [1.29, 1.82) is 0 Å². The second-order valence-electron chi connectivity index (χ2n) is 3.70. The first-order valence-corrected chi connectivity index (χ1v) is 5.62. The van der Waals surface area contributed by atoms with Crippen LogP contribution < -0.4 is 4.74 Å². The van der Waals surface area contributed by atoms with E-state index in [9.17, 15) is 4.79 Å². The van der Waals surface area contributed by atoms with E-state index in [1.807, 2.05) is 31.2 Å². The number of hydrogen-bond acceptors (Lipinski definition) is 3. The first-order valence-electron chi connectivity index (χ1n) is 5.62. The summed E-state index contributed by atoms with van der Waals surface area (Å²) in [5.41, 5.74) is 0.988. The normalized spacial score (nSPS) is 10.1. The Labute approximate surface area is 102 Å². The van der Waals surface area contributed by atoms with Crippen molar-refractivity contribution in [3.63, 3.8) is 0 Å². The van der Waals surface area contributed by atoms with E-state index < -0.39 is 0 Å². The standard InChI is InChI=1S/C13H19NO3/c1-4-17-10-13(15)14(2)9-11-7-5-6-8-12(11)16-3/h5-8H,4,9-10H2,1-3H3. The Morgan fingerprint density at radius 3 is 2.71 bits per heavy atom. The number of ether oxygens (including phenoxy) is 2. The van der Waals surface area contributed by atoms with Gasteiger partial charge in [-0.05, 0) is 13.0 Å². The predicted molar refractivity (Wildman–Crippen MR) is 66.0 cm³/mol. The third kappa shape index (κ3) is 4.07. The summed E-state index contributed by atoms with van der Waals surface area (Å²) in [5, 5.41) is 0. The van der Waals surface area contributed by atoms with E-state index in [2.05, 4.69) is 0 Å². The SMILES string of the molecule is CCOCC(=O)N(C)Cc1ccccc1OC. The largest absolute Gasteiger partial charge is 0.496 e. The van der Waals surface area contributed by atoms with Crippen LogP contribution in [0, 0.1) is 0 Å². The van der Waals surface area contributed by atoms with Crippen LogP contribution in [0.2, 0.25) is 0 Å². The molecule has 4 heteroatoms. The molecule has 0 bridgehead atoms. The molecule has 1 rings (SSSR count). The van der Waals surface area contributed by atoms with Gasteiger partial charge in [-0.15, -0.1) is 0 Å². The molecule has 0 spiro atoms. The van der Waals surface area contributed by atoms with Crippen molar-refractivity contribution in [3.05, 3.63) is 29.8 Å². The van der Waals surface area contributed by atoms with Gasteiger partial charge >= 0.3 is 0 Å². The molecule has 0 N–H and O–H groups in total. The molecule has 0 heterocycles. The van der Waals surface area contributed by atoms with Crippen molar-refractivity contribution in [3.8, 4) is 5.75 Å². The third-order valence-electron chi connectivity index (χ3n) is 2.46. The van der Waals surface area contributed by atoms with Gasteiger partial charge in [0.05, 0.1) is 7.11 Å². The molecule has 1 aromatic carbocycles. The zero-order valence-corrected chi connectivity index (χ0v) is 10.6. The Morgan fingerprint density at radius 2 is 2.06 bits per heavy atom. The smallest absolute Gasteiger partial charge is 0.248 e. The van der Waals surface area contributed by atoms with Crippen molar-refractivity contribution in [2.45, 2.75) is 13.5 Å². The van der Waals surface area contributed by atoms with Crippen molar-refractivity contribution in [2.75, 3.05) is 27.4 Å². The Bertz CT molecular complexity index is 365. The van der Waals surface area contributed by atoms with Crippen LogP contribution in [0.4, 0.5) is 0 Å². The van der Waals surface area contributed by atoms with Crippen molar-refractivity contribution in [1.82, 2.24) is 4.90 Å². The molecule has 94 valence electrons. The van der Waals surface area contributed by atoms with Crippen LogP contribution in [0.3, 0.4) is 0 Å². The highest BCUT2D eigenvalue weighted by Crippen LogP contribution is 2.18. The van der Waals surface area contributed by atoms with Crippen molar-refractivity contribution >= 4 is 5.91 Å². The minimum Gasteiger partial charge on any atom is -0.496 e. The van der Waals surface area contributed by atoms with Gasteiger partial charge < -0.3 is 14.4 Å². The molecule has 0 aromatic heterocycles. The monoisotopic (exact) mass is 237 g/mol. The lowest BCUT2D eigenvalue weighted by atomic mass is 10.2. The molecule has 0 radical (unpaired) electrons. The lowest BCUT2D eigenvalue weighted by Crippen LogP contribution is -2.30. The molecular formula is C13H19NO3. The van der Waals surface area contributed by atoms with Crippen LogP contribution in [-0.4, -0.2) is 38.2 Å². The number of benzene rings is 1. The number of rotatable bonds is 6. The predicted octanol–water partition coefficient (Wildman–Crippen LogP) is 1.69. The first kappa shape index (κ1) is 13.5. The number of para-hydroxylation sites is 1. The second-order valence-corrected chi connectivity index (χ2v) is 3.70. The molecule has 4 nitrogen and oxygen atoms in total. The summed E-state index contributed by atoms with van der Waals surface area (Å²) in [4.78, 5) is 13.3. The van der Waals surface area contributed by atoms with Gasteiger partial charge in [-0.3, -0.25) is 4.79 Å². The van der Waals surface area contributed by atoms with Crippen molar-refractivity contribution in [2.24, 2.45) is 0 Å². The number of amides is 1. The zero-order valence-electron chi connectivity index (χ0n) is 10.6. The maximum absolute atomic E-state index is 11.7. The Balaban J connectivity index is 2.60. The molecule has 0 fully saturated rings. The van der Waals surface area contributed by atoms with Gasteiger partial charge in [0.1, 0.15) is 12.4 Å². The second kappa shape index (κ2) is 6.91. The highest BCUT2D eigenvalue weighted by Gasteiger charge is 2.11. The number of carbonyl (C=O) groups is 1. The number of methoxy groups -OCH3 is 1. The van der Waals surface area contributed by atoms with Crippen LogP contribution in [0.5, 0.6) is 5.75 Å². The van der Waals surface area contributed by atoms with Gasteiger partial charge in [-0.2, -0.15) is 0 Å². The molecule has 0 aliphatic carbocycles. The topological polar surface area (TPSA) is 38.8 Å². The van der Waals surface area contributed by atoms with E-state index in [-0.39, 0.29) is 12.5 Å². The Hall–Kier alpha value is -1.55. The molecular weight excluding hydrogens is 218 g/mol. The summed E-state index contributed by atoms with van der Waals surface area (Å²) in [6.07, 6.45) is 0. The molecule has 1 amide bonds. The van der Waals surface area contributed by atoms with E-state index in [1.54, 1.807) is 19.1 Å². The number of likely N-dealkylation sites (N-methyl/N-ethyl adjacent to an activating group) is 1.